The molecular formula is C9H16N2O2. The van der Waals surface area contributed by atoms with Crippen LogP contribution in [0.4, 0.5) is 0 Å². The van der Waals surface area contributed by atoms with E-state index in [-0.39, 0.29) is 12.1 Å². The Balaban J connectivity index is 2.43. The van der Waals surface area contributed by atoms with Crippen molar-refractivity contribution in [2.45, 2.75) is 19.1 Å². The minimum atomic E-state index is -0.128. The quantitative estimate of drug-likeness (QED) is 0.630. The summed E-state index contributed by atoms with van der Waals surface area (Å²) in [6.45, 7) is 4.85. The summed E-state index contributed by atoms with van der Waals surface area (Å²) in [7, 11) is 1.62. The van der Waals surface area contributed by atoms with E-state index in [4.69, 9.17) is 14.7 Å². The van der Waals surface area contributed by atoms with Gasteiger partial charge >= 0.3 is 0 Å². The van der Waals surface area contributed by atoms with Gasteiger partial charge in [0.2, 0.25) is 0 Å². The van der Waals surface area contributed by atoms with E-state index in [1.54, 1.807) is 7.11 Å². The van der Waals surface area contributed by atoms with Gasteiger partial charge in [0, 0.05) is 20.2 Å². The normalized spacial score (nSPS) is 26.7. The molecule has 1 heterocycles. The predicted octanol–water partition coefficient (Wildman–Crippen LogP) is 0.246. The first kappa shape index (κ1) is 10.5. The van der Waals surface area contributed by atoms with Crippen LogP contribution < -0.4 is 0 Å². The molecule has 0 aromatic heterocycles. The average molecular weight is 184 g/mol. The Kier molecular flexibility index (Phi) is 4.16. The largest absolute Gasteiger partial charge is 0.382 e. The van der Waals surface area contributed by atoms with E-state index < -0.39 is 0 Å². The van der Waals surface area contributed by atoms with Gasteiger partial charge in [0.25, 0.3) is 0 Å². The monoisotopic (exact) mass is 184 g/mol. The lowest BCUT2D eigenvalue weighted by molar-refractivity contribution is -0.0356. The maximum atomic E-state index is 8.88. The topological polar surface area (TPSA) is 45.5 Å². The first-order chi connectivity index (χ1) is 6.27. The minimum absolute atomic E-state index is 0.128. The fourth-order valence-corrected chi connectivity index (χ4v) is 1.51. The lowest BCUT2D eigenvalue weighted by Crippen LogP contribution is -2.47. The Morgan fingerprint density at radius 2 is 2.54 bits per heavy atom. The molecular weight excluding hydrogens is 168 g/mol. The summed E-state index contributed by atoms with van der Waals surface area (Å²) in [5, 5.41) is 8.88. The highest BCUT2D eigenvalue weighted by Crippen LogP contribution is 2.08. The Morgan fingerprint density at radius 3 is 3.08 bits per heavy atom. The van der Waals surface area contributed by atoms with Crippen molar-refractivity contribution in [3.63, 3.8) is 0 Å². The third kappa shape index (κ3) is 2.96. The van der Waals surface area contributed by atoms with E-state index >= 15 is 0 Å². The number of ether oxygens (including phenoxy) is 2. The molecule has 4 nitrogen and oxygen atoms in total. The van der Waals surface area contributed by atoms with Gasteiger partial charge in [-0.3, -0.25) is 4.90 Å². The molecule has 0 aliphatic carbocycles. The van der Waals surface area contributed by atoms with E-state index in [9.17, 15) is 0 Å². The van der Waals surface area contributed by atoms with Crippen LogP contribution in [0.3, 0.4) is 0 Å². The molecule has 4 heteroatoms. The van der Waals surface area contributed by atoms with Crippen LogP contribution in [0.15, 0.2) is 0 Å². The van der Waals surface area contributed by atoms with Gasteiger partial charge in [0.15, 0.2) is 0 Å². The third-order valence-electron chi connectivity index (χ3n) is 2.19. The van der Waals surface area contributed by atoms with Crippen LogP contribution in [-0.2, 0) is 9.47 Å². The zero-order valence-corrected chi connectivity index (χ0v) is 8.19. The fourth-order valence-electron chi connectivity index (χ4n) is 1.51. The van der Waals surface area contributed by atoms with Gasteiger partial charge in [-0.1, -0.05) is 0 Å². The number of morpholine rings is 1. The molecule has 1 aliphatic heterocycles. The SMILES string of the molecule is COCC(C#N)N1CCOC(C)C1. The lowest BCUT2D eigenvalue weighted by atomic mass is 10.2. The number of hydrogen-bond donors (Lipinski definition) is 0. The van der Waals surface area contributed by atoms with Gasteiger partial charge in [-0.2, -0.15) is 5.26 Å². The molecule has 0 aromatic carbocycles. The zero-order chi connectivity index (χ0) is 9.68. The zero-order valence-electron chi connectivity index (χ0n) is 8.19. The van der Waals surface area contributed by atoms with Crippen molar-refractivity contribution < 1.29 is 9.47 Å². The maximum absolute atomic E-state index is 8.88. The summed E-state index contributed by atoms with van der Waals surface area (Å²) >= 11 is 0. The van der Waals surface area contributed by atoms with Crippen molar-refractivity contribution in [2.75, 3.05) is 33.4 Å². The third-order valence-corrected chi connectivity index (χ3v) is 2.19. The van der Waals surface area contributed by atoms with Crippen molar-refractivity contribution in [3.8, 4) is 6.07 Å². The van der Waals surface area contributed by atoms with Crippen molar-refractivity contribution in [1.29, 1.82) is 5.26 Å². The predicted molar refractivity (Wildman–Crippen MR) is 48.3 cm³/mol. The van der Waals surface area contributed by atoms with Crippen molar-refractivity contribution in [3.05, 3.63) is 0 Å². The molecule has 0 aromatic rings. The van der Waals surface area contributed by atoms with Gasteiger partial charge in [-0.25, -0.2) is 0 Å². The van der Waals surface area contributed by atoms with Crippen LogP contribution in [-0.4, -0.2) is 50.5 Å². The Bertz CT molecular complexity index is 191. The molecule has 0 N–H and O–H groups in total. The Morgan fingerprint density at radius 1 is 1.77 bits per heavy atom. The van der Waals surface area contributed by atoms with E-state index in [0.717, 1.165) is 13.1 Å². The first-order valence-electron chi connectivity index (χ1n) is 4.52. The highest BCUT2D eigenvalue weighted by Gasteiger charge is 2.23. The molecule has 0 bridgehead atoms. The molecule has 0 saturated carbocycles. The van der Waals surface area contributed by atoms with Crippen LogP contribution in [0.2, 0.25) is 0 Å². The molecule has 1 rings (SSSR count). The van der Waals surface area contributed by atoms with E-state index in [0.29, 0.717) is 13.2 Å². The van der Waals surface area contributed by atoms with Gasteiger partial charge in [0.05, 0.1) is 25.4 Å². The number of nitriles is 1. The van der Waals surface area contributed by atoms with Gasteiger partial charge in [-0.15, -0.1) is 0 Å². The number of nitrogens with zero attached hydrogens (tertiary/aromatic N) is 2. The van der Waals surface area contributed by atoms with Gasteiger partial charge in [0.1, 0.15) is 6.04 Å². The highest BCUT2D eigenvalue weighted by atomic mass is 16.5. The summed E-state index contributed by atoms with van der Waals surface area (Å²) in [4.78, 5) is 2.11. The molecule has 1 fully saturated rings. The highest BCUT2D eigenvalue weighted by molar-refractivity contribution is 4.93. The average Bonchev–Trinajstić information content (AvgIpc) is 2.14. The minimum Gasteiger partial charge on any atom is -0.382 e. The number of rotatable bonds is 3. The summed E-state index contributed by atoms with van der Waals surface area (Å²) in [6.07, 6.45) is 0.224. The summed E-state index contributed by atoms with van der Waals surface area (Å²) in [5.41, 5.74) is 0. The molecule has 0 spiro atoms. The Labute approximate surface area is 79.0 Å². The molecule has 13 heavy (non-hydrogen) atoms. The molecule has 74 valence electrons. The van der Waals surface area contributed by atoms with E-state index in [2.05, 4.69) is 11.0 Å². The van der Waals surface area contributed by atoms with Crippen molar-refractivity contribution >= 4 is 0 Å². The summed E-state index contributed by atoms with van der Waals surface area (Å²) < 4.78 is 10.4. The Hall–Kier alpha value is -0.630. The molecule has 1 saturated heterocycles. The second-order valence-corrected chi connectivity index (χ2v) is 3.28. The number of methoxy groups -OCH3 is 1. The standard InChI is InChI=1S/C9H16N2O2/c1-8-6-11(3-4-13-8)9(5-10)7-12-2/h8-9H,3-4,6-7H2,1-2H3. The van der Waals surface area contributed by atoms with E-state index in [1.165, 1.54) is 0 Å². The van der Waals surface area contributed by atoms with Crippen LogP contribution in [0.1, 0.15) is 6.92 Å². The van der Waals surface area contributed by atoms with Gasteiger partial charge in [-0.05, 0) is 6.92 Å². The van der Waals surface area contributed by atoms with Crippen molar-refractivity contribution in [1.82, 2.24) is 4.90 Å². The molecule has 2 unspecified atom stereocenters. The second kappa shape index (κ2) is 5.18. The van der Waals surface area contributed by atoms with Gasteiger partial charge < -0.3 is 9.47 Å². The van der Waals surface area contributed by atoms with Crippen LogP contribution in [0, 0.1) is 11.3 Å². The molecule has 0 radical (unpaired) electrons. The van der Waals surface area contributed by atoms with E-state index in [1.807, 2.05) is 6.92 Å². The number of hydrogen-bond acceptors (Lipinski definition) is 4. The molecule has 1 aliphatic rings. The van der Waals surface area contributed by atoms with Crippen LogP contribution in [0.5, 0.6) is 0 Å². The fraction of sp³-hybridized carbons (Fsp3) is 0.889. The molecule has 2 atom stereocenters. The smallest absolute Gasteiger partial charge is 0.122 e. The summed E-state index contributed by atoms with van der Waals surface area (Å²) in [6, 6.07) is 2.11. The maximum Gasteiger partial charge on any atom is 0.122 e. The second-order valence-electron chi connectivity index (χ2n) is 3.28. The van der Waals surface area contributed by atoms with Crippen LogP contribution >= 0.6 is 0 Å². The summed E-state index contributed by atoms with van der Waals surface area (Å²) in [5.74, 6) is 0. The first-order valence-corrected chi connectivity index (χ1v) is 4.52. The van der Waals surface area contributed by atoms with Crippen molar-refractivity contribution in [2.24, 2.45) is 0 Å². The molecule has 0 amide bonds. The lowest BCUT2D eigenvalue weighted by Gasteiger charge is -2.33. The van der Waals surface area contributed by atoms with Crippen LogP contribution in [0.25, 0.3) is 0 Å².